The van der Waals surface area contributed by atoms with Crippen LogP contribution in [0.15, 0.2) is 24.3 Å². The number of hydrogen-bond donors (Lipinski definition) is 1. The van der Waals surface area contributed by atoms with Gasteiger partial charge in [0, 0.05) is 25.4 Å². The standard InChI is InChI=1S/C18H26N2O4/c1-2-23-15-5-7-16(8-6-15)24-13-3-4-17(21)20-11-9-14(10-12-20)18(19)22/h5-8,14H,2-4,9-13H2,1H3,(H2,19,22). The van der Waals surface area contributed by atoms with Crippen molar-refractivity contribution in [2.24, 2.45) is 11.7 Å². The fraction of sp³-hybridized carbons (Fsp3) is 0.556. The predicted octanol–water partition coefficient (Wildman–Crippen LogP) is 1.97. The molecule has 0 unspecified atom stereocenters. The molecule has 0 radical (unpaired) electrons. The number of carbonyl (C=O) groups is 2. The molecule has 0 aliphatic carbocycles. The molecule has 2 amide bonds. The average Bonchev–Trinajstić information content (AvgIpc) is 2.60. The summed E-state index contributed by atoms with van der Waals surface area (Å²) in [4.78, 5) is 25.1. The van der Waals surface area contributed by atoms with E-state index in [2.05, 4.69) is 0 Å². The lowest BCUT2D eigenvalue weighted by Crippen LogP contribution is -2.41. The third-order valence-electron chi connectivity index (χ3n) is 4.19. The van der Waals surface area contributed by atoms with Crippen LogP contribution in [0.5, 0.6) is 11.5 Å². The van der Waals surface area contributed by atoms with E-state index in [4.69, 9.17) is 15.2 Å². The van der Waals surface area contributed by atoms with Crippen LogP contribution >= 0.6 is 0 Å². The van der Waals surface area contributed by atoms with E-state index >= 15 is 0 Å². The van der Waals surface area contributed by atoms with Crippen LogP contribution in [0.2, 0.25) is 0 Å². The molecule has 1 aromatic carbocycles. The monoisotopic (exact) mass is 334 g/mol. The molecule has 132 valence electrons. The first kappa shape index (κ1) is 18.1. The Hall–Kier alpha value is -2.24. The van der Waals surface area contributed by atoms with E-state index in [0.717, 1.165) is 11.5 Å². The summed E-state index contributed by atoms with van der Waals surface area (Å²) >= 11 is 0. The van der Waals surface area contributed by atoms with Crippen molar-refractivity contribution >= 4 is 11.8 Å². The van der Waals surface area contributed by atoms with Gasteiger partial charge in [-0.1, -0.05) is 0 Å². The van der Waals surface area contributed by atoms with Crippen LogP contribution in [0.4, 0.5) is 0 Å². The number of primary amides is 1. The normalized spacial score (nSPS) is 15.1. The molecule has 6 nitrogen and oxygen atoms in total. The van der Waals surface area contributed by atoms with Gasteiger partial charge in [0.15, 0.2) is 0 Å². The smallest absolute Gasteiger partial charge is 0.222 e. The van der Waals surface area contributed by atoms with Gasteiger partial charge in [-0.25, -0.2) is 0 Å². The number of rotatable bonds is 8. The van der Waals surface area contributed by atoms with Crippen molar-refractivity contribution in [3.05, 3.63) is 24.3 Å². The highest BCUT2D eigenvalue weighted by Crippen LogP contribution is 2.19. The number of benzene rings is 1. The molecule has 2 rings (SSSR count). The van der Waals surface area contributed by atoms with Crippen molar-refractivity contribution in [2.45, 2.75) is 32.6 Å². The Morgan fingerprint density at radius 2 is 1.71 bits per heavy atom. The summed E-state index contributed by atoms with van der Waals surface area (Å²) < 4.78 is 11.0. The van der Waals surface area contributed by atoms with Crippen LogP contribution < -0.4 is 15.2 Å². The molecule has 1 aliphatic rings. The third-order valence-corrected chi connectivity index (χ3v) is 4.19. The minimum Gasteiger partial charge on any atom is -0.494 e. The molecule has 2 N–H and O–H groups in total. The van der Waals surface area contributed by atoms with Crippen molar-refractivity contribution < 1.29 is 19.1 Å². The highest BCUT2D eigenvalue weighted by Gasteiger charge is 2.25. The van der Waals surface area contributed by atoms with E-state index in [9.17, 15) is 9.59 Å². The van der Waals surface area contributed by atoms with Gasteiger partial charge in [0.1, 0.15) is 11.5 Å². The lowest BCUT2D eigenvalue weighted by Gasteiger charge is -2.30. The van der Waals surface area contributed by atoms with E-state index in [1.165, 1.54) is 0 Å². The Morgan fingerprint density at radius 3 is 2.25 bits per heavy atom. The molecule has 0 bridgehead atoms. The maximum Gasteiger partial charge on any atom is 0.222 e. The van der Waals surface area contributed by atoms with Gasteiger partial charge in [0.25, 0.3) is 0 Å². The van der Waals surface area contributed by atoms with E-state index in [1.807, 2.05) is 36.1 Å². The van der Waals surface area contributed by atoms with Crippen molar-refractivity contribution in [3.63, 3.8) is 0 Å². The lowest BCUT2D eigenvalue weighted by atomic mass is 9.96. The van der Waals surface area contributed by atoms with Crippen molar-refractivity contribution in [3.8, 4) is 11.5 Å². The maximum atomic E-state index is 12.1. The van der Waals surface area contributed by atoms with E-state index in [-0.39, 0.29) is 17.7 Å². The largest absolute Gasteiger partial charge is 0.494 e. The Morgan fingerprint density at radius 1 is 1.12 bits per heavy atom. The molecule has 1 saturated heterocycles. The summed E-state index contributed by atoms with van der Waals surface area (Å²) in [5, 5.41) is 0. The first-order valence-corrected chi connectivity index (χ1v) is 8.53. The van der Waals surface area contributed by atoms with Crippen LogP contribution in [0.3, 0.4) is 0 Å². The highest BCUT2D eigenvalue weighted by molar-refractivity contribution is 5.78. The van der Waals surface area contributed by atoms with Crippen LogP contribution in [0.25, 0.3) is 0 Å². The number of amides is 2. The minimum absolute atomic E-state index is 0.0861. The van der Waals surface area contributed by atoms with Crippen molar-refractivity contribution in [1.29, 1.82) is 0 Å². The second-order valence-electron chi connectivity index (χ2n) is 5.91. The molecule has 1 fully saturated rings. The average molecular weight is 334 g/mol. The summed E-state index contributed by atoms with van der Waals surface area (Å²) in [6, 6.07) is 7.46. The molecule has 24 heavy (non-hydrogen) atoms. The molecule has 0 saturated carbocycles. The molecule has 0 spiro atoms. The van der Waals surface area contributed by atoms with E-state index < -0.39 is 0 Å². The Kier molecular flexibility index (Phi) is 6.90. The topological polar surface area (TPSA) is 81.9 Å². The number of nitrogens with zero attached hydrogens (tertiary/aromatic N) is 1. The maximum absolute atomic E-state index is 12.1. The Labute approximate surface area is 142 Å². The summed E-state index contributed by atoms with van der Waals surface area (Å²) in [5.74, 6) is 1.36. The molecular formula is C18H26N2O4. The lowest BCUT2D eigenvalue weighted by molar-refractivity contribution is -0.135. The zero-order valence-corrected chi connectivity index (χ0v) is 14.2. The predicted molar refractivity (Wildman–Crippen MR) is 90.8 cm³/mol. The highest BCUT2D eigenvalue weighted by atomic mass is 16.5. The van der Waals surface area contributed by atoms with Gasteiger partial charge in [-0.15, -0.1) is 0 Å². The molecule has 6 heteroatoms. The van der Waals surface area contributed by atoms with Gasteiger partial charge in [-0.05, 0) is 50.5 Å². The minimum atomic E-state index is -0.258. The van der Waals surface area contributed by atoms with Gasteiger partial charge < -0.3 is 20.1 Å². The van der Waals surface area contributed by atoms with Gasteiger partial charge in [0.05, 0.1) is 13.2 Å². The molecular weight excluding hydrogens is 308 g/mol. The molecule has 0 atom stereocenters. The van der Waals surface area contributed by atoms with Gasteiger partial charge in [0.2, 0.25) is 11.8 Å². The fourth-order valence-corrected chi connectivity index (χ4v) is 2.78. The number of likely N-dealkylation sites (tertiary alicyclic amines) is 1. The quantitative estimate of drug-likeness (QED) is 0.737. The Balaban J connectivity index is 1.63. The molecule has 1 aromatic rings. The first-order chi connectivity index (χ1) is 11.6. The van der Waals surface area contributed by atoms with Crippen LogP contribution in [-0.4, -0.2) is 43.0 Å². The second kappa shape index (κ2) is 9.15. The zero-order chi connectivity index (χ0) is 17.4. The third kappa shape index (κ3) is 5.44. The number of nitrogens with two attached hydrogens (primary N) is 1. The summed E-state index contributed by atoms with van der Waals surface area (Å²) in [7, 11) is 0. The Bertz CT molecular complexity index is 536. The molecule has 0 aromatic heterocycles. The molecule has 1 heterocycles. The number of hydrogen-bond acceptors (Lipinski definition) is 4. The zero-order valence-electron chi connectivity index (χ0n) is 14.2. The van der Waals surface area contributed by atoms with E-state index in [0.29, 0.717) is 52.0 Å². The van der Waals surface area contributed by atoms with Crippen molar-refractivity contribution in [1.82, 2.24) is 4.90 Å². The van der Waals surface area contributed by atoms with Crippen LogP contribution in [-0.2, 0) is 9.59 Å². The number of piperidine rings is 1. The van der Waals surface area contributed by atoms with Crippen LogP contribution in [0.1, 0.15) is 32.6 Å². The number of carbonyl (C=O) groups excluding carboxylic acids is 2. The van der Waals surface area contributed by atoms with E-state index in [1.54, 1.807) is 0 Å². The number of ether oxygens (including phenoxy) is 2. The summed E-state index contributed by atoms with van der Waals surface area (Å²) in [6.45, 7) is 4.31. The van der Waals surface area contributed by atoms with Gasteiger partial charge >= 0.3 is 0 Å². The molecule has 1 aliphatic heterocycles. The van der Waals surface area contributed by atoms with Gasteiger partial charge in [-0.3, -0.25) is 9.59 Å². The second-order valence-corrected chi connectivity index (χ2v) is 5.91. The SMILES string of the molecule is CCOc1ccc(OCCCC(=O)N2CCC(C(N)=O)CC2)cc1. The summed E-state index contributed by atoms with van der Waals surface area (Å²) in [5.41, 5.74) is 5.30. The van der Waals surface area contributed by atoms with Crippen LogP contribution in [0, 0.1) is 5.92 Å². The fourth-order valence-electron chi connectivity index (χ4n) is 2.78. The summed E-state index contributed by atoms with van der Waals surface area (Å²) in [6.07, 6.45) is 2.47. The van der Waals surface area contributed by atoms with Crippen molar-refractivity contribution in [2.75, 3.05) is 26.3 Å². The van der Waals surface area contributed by atoms with Gasteiger partial charge in [-0.2, -0.15) is 0 Å². The first-order valence-electron chi connectivity index (χ1n) is 8.53.